The summed E-state index contributed by atoms with van der Waals surface area (Å²) >= 11 is 0. The molecule has 0 unspecified atom stereocenters. The Labute approximate surface area is 212 Å². The number of carboxylic acid groups (broad SMARTS) is 1. The number of hydrogen-bond donors (Lipinski definition) is 2. The zero-order chi connectivity index (χ0) is 27.8. The van der Waals surface area contributed by atoms with Crippen LogP contribution in [0.4, 0.5) is 22.0 Å². The number of hydrogen-bond acceptors (Lipinski definition) is 3. The number of fused-ring (bicyclic) bond motifs is 1. The number of nitrogens with one attached hydrogen (secondary N) is 1. The van der Waals surface area contributed by atoms with Crippen molar-refractivity contribution in [2.24, 2.45) is 7.05 Å². The van der Waals surface area contributed by atoms with Crippen molar-refractivity contribution in [1.29, 1.82) is 0 Å². The highest BCUT2D eigenvalue weighted by Gasteiger charge is 2.36. The molecule has 1 heterocycles. The van der Waals surface area contributed by atoms with Gasteiger partial charge in [-0.25, -0.2) is 13.6 Å². The van der Waals surface area contributed by atoms with Gasteiger partial charge in [0.2, 0.25) is 0 Å². The first-order valence-electron chi connectivity index (χ1n) is 11.2. The fourth-order valence-corrected chi connectivity index (χ4v) is 4.26. The van der Waals surface area contributed by atoms with Crippen LogP contribution in [0.25, 0.3) is 21.9 Å². The molecule has 2 N–H and O–H groups in total. The van der Waals surface area contributed by atoms with Gasteiger partial charge in [0, 0.05) is 19.7 Å². The Balaban J connectivity index is 1.79. The van der Waals surface area contributed by atoms with Crippen LogP contribution < -0.4 is 10.9 Å². The lowest BCUT2D eigenvalue weighted by atomic mass is 9.91. The number of carbonyl (C=O) groups is 2. The van der Waals surface area contributed by atoms with Crippen molar-refractivity contribution in [2.45, 2.75) is 18.6 Å². The monoisotopic (exact) mass is 530 g/mol. The predicted octanol–water partition coefficient (Wildman–Crippen LogP) is 4.93. The van der Waals surface area contributed by atoms with Crippen LogP contribution in [-0.2, 0) is 24.4 Å². The van der Waals surface area contributed by atoms with Gasteiger partial charge >= 0.3 is 12.1 Å². The van der Waals surface area contributed by atoms with Crippen molar-refractivity contribution < 1.29 is 36.6 Å². The first kappa shape index (κ1) is 26.5. The first-order valence-corrected chi connectivity index (χ1v) is 11.2. The van der Waals surface area contributed by atoms with E-state index < -0.39 is 58.0 Å². The molecule has 0 spiro atoms. The highest BCUT2D eigenvalue weighted by Crippen LogP contribution is 2.38. The predicted molar refractivity (Wildman–Crippen MR) is 129 cm³/mol. The Kier molecular flexibility index (Phi) is 7.03. The maximum absolute atomic E-state index is 14.0. The molecule has 0 aliphatic rings. The molecule has 1 atom stereocenters. The number of rotatable bonds is 6. The number of aryl methyl sites for hydroxylation is 1. The van der Waals surface area contributed by atoms with E-state index in [1.54, 1.807) is 0 Å². The van der Waals surface area contributed by atoms with Crippen LogP contribution in [0.3, 0.4) is 0 Å². The number of aromatic nitrogens is 1. The standard InChI is InChI=1S/C27H19F5N2O4/c1-34-12-11-18(27(30,31)32)22(25(34)36)17-8-3-6-15-14(5-2-7-16(15)17)13-21(26(37)38)33-24(35)23-19(28)9-4-10-20(23)29/h2-12,21H,13H2,1H3,(H,33,35)(H,37,38)/t21-/m0/s1. The van der Waals surface area contributed by atoms with Crippen LogP contribution in [0, 0.1) is 11.6 Å². The van der Waals surface area contributed by atoms with Crippen molar-refractivity contribution in [2.75, 3.05) is 0 Å². The Morgan fingerprint density at radius 1 is 0.947 bits per heavy atom. The lowest BCUT2D eigenvalue weighted by molar-refractivity contribution is -0.139. The third kappa shape index (κ3) is 4.99. The third-order valence-electron chi connectivity index (χ3n) is 6.07. The lowest BCUT2D eigenvalue weighted by Crippen LogP contribution is -2.43. The lowest BCUT2D eigenvalue weighted by Gasteiger charge is -2.18. The second kappa shape index (κ2) is 10.1. The quantitative estimate of drug-likeness (QED) is 0.346. The molecule has 11 heteroatoms. The van der Waals surface area contributed by atoms with E-state index >= 15 is 0 Å². The van der Waals surface area contributed by atoms with E-state index in [4.69, 9.17) is 0 Å². The summed E-state index contributed by atoms with van der Waals surface area (Å²) in [6.07, 6.45) is -4.16. The molecule has 38 heavy (non-hydrogen) atoms. The van der Waals surface area contributed by atoms with Crippen molar-refractivity contribution in [3.63, 3.8) is 0 Å². The Morgan fingerprint density at radius 2 is 1.55 bits per heavy atom. The topological polar surface area (TPSA) is 88.4 Å². The number of aliphatic carboxylic acids is 1. The Hall–Kier alpha value is -4.54. The fourth-order valence-electron chi connectivity index (χ4n) is 4.26. The second-order valence-corrected chi connectivity index (χ2v) is 8.50. The molecule has 1 amide bonds. The van der Waals surface area contributed by atoms with Gasteiger partial charge in [0.25, 0.3) is 11.5 Å². The summed E-state index contributed by atoms with van der Waals surface area (Å²) in [5, 5.41) is 12.4. The summed E-state index contributed by atoms with van der Waals surface area (Å²) in [5.74, 6) is -5.13. The number of alkyl halides is 3. The van der Waals surface area contributed by atoms with E-state index in [1.165, 1.54) is 43.4 Å². The smallest absolute Gasteiger partial charge is 0.417 e. The van der Waals surface area contributed by atoms with E-state index in [0.29, 0.717) is 10.9 Å². The summed E-state index contributed by atoms with van der Waals surface area (Å²) < 4.78 is 70.4. The van der Waals surface area contributed by atoms with Gasteiger partial charge in [0.1, 0.15) is 23.2 Å². The molecule has 0 bridgehead atoms. The van der Waals surface area contributed by atoms with Gasteiger partial charge in [-0.3, -0.25) is 9.59 Å². The molecule has 0 radical (unpaired) electrons. The summed E-state index contributed by atoms with van der Waals surface area (Å²) in [4.78, 5) is 37.2. The molecule has 0 fully saturated rings. The largest absolute Gasteiger partial charge is 0.480 e. The van der Waals surface area contributed by atoms with Crippen LogP contribution in [0.5, 0.6) is 0 Å². The number of pyridine rings is 1. The van der Waals surface area contributed by atoms with Crippen LogP contribution in [0.1, 0.15) is 21.5 Å². The normalized spacial score (nSPS) is 12.4. The average molecular weight is 530 g/mol. The summed E-state index contributed by atoms with van der Waals surface area (Å²) in [6.45, 7) is 0. The zero-order valence-corrected chi connectivity index (χ0v) is 19.6. The van der Waals surface area contributed by atoms with Crippen molar-refractivity contribution in [3.8, 4) is 11.1 Å². The second-order valence-electron chi connectivity index (χ2n) is 8.50. The molecule has 0 aliphatic carbocycles. The molecule has 6 nitrogen and oxygen atoms in total. The third-order valence-corrected chi connectivity index (χ3v) is 6.07. The molecule has 1 aromatic heterocycles. The van der Waals surface area contributed by atoms with E-state index in [-0.39, 0.29) is 17.4 Å². The molecule has 4 rings (SSSR count). The van der Waals surface area contributed by atoms with Gasteiger partial charge in [-0.05, 0) is 40.1 Å². The molecule has 3 aromatic carbocycles. The maximum Gasteiger partial charge on any atom is 0.417 e. The van der Waals surface area contributed by atoms with Gasteiger partial charge in [0.05, 0.1) is 11.1 Å². The van der Waals surface area contributed by atoms with E-state index in [0.717, 1.165) is 35.0 Å². The number of nitrogens with zero attached hydrogens (tertiary/aromatic N) is 1. The molecule has 196 valence electrons. The number of carboxylic acids is 1. The van der Waals surface area contributed by atoms with Crippen LogP contribution in [0.15, 0.2) is 71.7 Å². The van der Waals surface area contributed by atoms with E-state index in [2.05, 4.69) is 5.32 Å². The van der Waals surface area contributed by atoms with Crippen molar-refractivity contribution in [1.82, 2.24) is 9.88 Å². The minimum absolute atomic E-state index is 0.0118. The SMILES string of the molecule is Cn1ccc(C(F)(F)F)c(-c2cccc3c(C[C@H](NC(=O)c4c(F)cccc4F)C(=O)O)cccc23)c1=O. The molecular weight excluding hydrogens is 511 g/mol. The van der Waals surface area contributed by atoms with Crippen LogP contribution in [-0.4, -0.2) is 27.6 Å². The minimum Gasteiger partial charge on any atom is -0.480 e. The maximum atomic E-state index is 14.0. The van der Waals surface area contributed by atoms with Crippen molar-refractivity contribution in [3.05, 3.63) is 106 Å². The highest BCUT2D eigenvalue weighted by molar-refractivity contribution is 6.00. The van der Waals surface area contributed by atoms with Crippen molar-refractivity contribution >= 4 is 22.6 Å². The molecule has 0 saturated heterocycles. The molecule has 0 saturated carbocycles. The minimum atomic E-state index is -4.82. The first-order chi connectivity index (χ1) is 17.9. The zero-order valence-electron chi connectivity index (χ0n) is 19.6. The molecule has 4 aromatic rings. The summed E-state index contributed by atoms with van der Waals surface area (Å²) in [5.41, 5.74) is -3.21. The Bertz CT molecular complexity index is 1610. The van der Waals surface area contributed by atoms with Crippen LogP contribution >= 0.6 is 0 Å². The average Bonchev–Trinajstić information content (AvgIpc) is 2.84. The van der Waals surface area contributed by atoms with Gasteiger partial charge in [-0.1, -0.05) is 42.5 Å². The molecule has 0 aliphatic heterocycles. The number of amides is 1. The number of halogens is 5. The van der Waals surface area contributed by atoms with Gasteiger partial charge in [0.15, 0.2) is 0 Å². The summed E-state index contributed by atoms with van der Waals surface area (Å²) in [7, 11) is 1.32. The number of carbonyl (C=O) groups excluding carboxylic acids is 1. The highest BCUT2D eigenvalue weighted by atomic mass is 19.4. The van der Waals surface area contributed by atoms with E-state index in [1.807, 2.05) is 0 Å². The van der Waals surface area contributed by atoms with Crippen LogP contribution in [0.2, 0.25) is 0 Å². The molecular formula is C27H19F5N2O4. The van der Waals surface area contributed by atoms with E-state index in [9.17, 15) is 41.4 Å². The van der Waals surface area contributed by atoms with Gasteiger partial charge in [-0.2, -0.15) is 13.2 Å². The fraction of sp³-hybridized carbons (Fsp3) is 0.148. The van der Waals surface area contributed by atoms with Gasteiger partial charge < -0.3 is 15.0 Å². The van der Waals surface area contributed by atoms with Gasteiger partial charge in [-0.15, -0.1) is 0 Å². The number of benzene rings is 3. The summed E-state index contributed by atoms with van der Waals surface area (Å²) in [6, 6.07) is 10.7. The Morgan fingerprint density at radius 3 is 2.18 bits per heavy atom.